The van der Waals surface area contributed by atoms with Gasteiger partial charge in [-0.3, -0.25) is 4.40 Å². The van der Waals surface area contributed by atoms with Crippen LogP contribution < -0.4 is 10.6 Å². The minimum Gasteiger partial charge on any atom is -0.367 e. The average Bonchev–Trinajstić information content (AvgIpc) is 2.93. The summed E-state index contributed by atoms with van der Waals surface area (Å²) in [5.41, 5.74) is 1.73. The zero-order chi connectivity index (χ0) is 14.7. The van der Waals surface area contributed by atoms with E-state index in [0.717, 1.165) is 12.0 Å². The van der Waals surface area contributed by atoms with Crippen molar-refractivity contribution in [1.82, 2.24) is 19.6 Å². The van der Waals surface area contributed by atoms with E-state index in [0.29, 0.717) is 24.0 Å². The van der Waals surface area contributed by atoms with Gasteiger partial charge in [0, 0.05) is 26.0 Å². The number of nitrogens with zero attached hydrogens (tertiary/aromatic N) is 4. The summed E-state index contributed by atoms with van der Waals surface area (Å²) in [6.45, 7) is 0.681. The van der Waals surface area contributed by atoms with E-state index in [4.69, 9.17) is 0 Å². The fourth-order valence-corrected chi connectivity index (χ4v) is 2.10. The summed E-state index contributed by atoms with van der Waals surface area (Å²) in [6, 6.07) is 6.49. The van der Waals surface area contributed by atoms with Crippen molar-refractivity contribution in [2.24, 2.45) is 0 Å². The van der Waals surface area contributed by atoms with Crippen LogP contribution in [-0.4, -0.2) is 33.2 Å². The molecule has 1 aromatic carbocycles. The van der Waals surface area contributed by atoms with Crippen molar-refractivity contribution < 1.29 is 4.39 Å². The van der Waals surface area contributed by atoms with Crippen LogP contribution in [0.3, 0.4) is 0 Å². The first-order valence-electron chi connectivity index (χ1n) is 6.64. The molecule has 7 heteroatoms. The summed E-state index contributed by atoms with van der Waals surface area (Å²) in [6.07, 6.45) is 4.26. The Morgan fingerprint density at radius 2 is 2.00 bits per heavy atom. The number of nitrogens with one attached hydrogen (secondary N) is 2. The zero-order valence-electron chi connectivity index (χ0n) is 11.5. The fourth-order valence-electron chi connectivity index (χ4n) is 2.10. The number of anilines is 2. The highest BCUT2D eigenvalue weighted by atomic mass is 19.1. The highest BCUT2D eigenvalue weighted by molar-refractivity contribution is 5.64. The van der Waals surface area contributed by atoms with Crippen LogP contribution >= 0.6 is 0 Å². The molecular formula is C14H15FN6. The lowest BCUT2D eigenvalue weighted by atomic mass is 10.1. The fraction of sp³-hybridized carbons (Fsp3) is 0.214. The van der Waals surface area contributed by atoms with E-state index < -0.39 is 0 Å². The van der Waals surface area contributed by atoms with E-state index in [-0.39, 0.29) is 5.82 Å². The van der Waals surface area contributed by atoms with Crippen LogP contribution in [0.1, 0.15) is 5.56 Å². The first-order chi connectivity index (χ1) is 10.3. The van der Waals surface area contributed by atoms with Crippen LogP contribution in [0.5, 0.6) is 0 Å². The van der Waals surface area contributed by atoms with E-state index in [2.05, 4.69) is 25.8 Å². The molecule has 3 aromatic rings. The Labute approximate surface area is 121 Å². The number of aromatic nitrogens is 4. The average molecular weight is 286 g/mol. The van der Waals surface area contributed by atoms with Gasteiger partial charge in [0.1, 0.15) is 5.82 Å². The van der Waals surface area contributed by atoms with E-state index in [9.17, 15) is 4.39 Å². The zero-order valence-corrected chi connectivity index (χ0v) is 11.5. The normalized spacial score (nSPS) is 10.8. The Balaban J connectivity index is 1.70. The van der Waals surface area contributed by atoms with Crippen LogP contribution in [-0.2, 0) is 6.42 Å². The standard InChI is InChI=1S/C14H15FN6/c1-16-14-20-19-13-12(18-8-9-21(13)14)17-7-6-10-2-4-11(15)5-3-10/h2-5,8-9H,6-7H2,1H3,(H,16,20)(H,17,18). The van der Waals surface area contributed by atoms with Crippen molar-refractivity contribution in [3.63, 3.8) is 0 Å². The number of fused-ring (bicyclic) bond motifs is 1. The summed E-state index contributed by atoms with van der Waals surface area (Å²) in [4.78, 5) is 4.28. The Morgan fingerprint density at radius 1 is 1.19 bits per heavy atom. The van der Waals surface area contributed by atoms with Gasteiger partial charge in [0.05, 0.1) is 0 Å². The second-order valence-electron chi connectivity index (χ2n) is 4.55. The number of benzene rings is 1. The lowest BCUT2D eigenvalue weighted by Gasteiger charge is -2.06. The topological polar surface area (TPSA) is 67.1 Å². The third-order valence-corrected chi connectivity index (χ3v) is 3.17. The van der Waals surface area contributed by atoms with Crippen molar-refractivity contribution in [1.29, 1.82) is 0 Å². The molecule has 2 N–H and O–H groups in total. The van der Waals surface area contributed by atoms with Gasteiger partial charge in [-0.25, -0.2) is 9.37 Å². The van der Waals surface area contributed by atoms with E-state index in [1.165, 1.54) is 12.1 Å². The molecule has 21 heavy (non-hydrogen) atoms. The number of rotatable bonds is 5. The van der Waals surface area contributed by atoms with E-state index in [1.807, 2.05) is 4.40 Å². The second kappa shape index (κ2) is 5.74. The smallest absolute Gasteiger partial charge is 0.228 e. The molecule has 0 aliphatic rings. The second-order valence-corrected chi connectivity index (χ2v) is 4.55. The summed E-state index contributed by atoms with van der Waals surface area (Å²) in [5, 5.41) is 14.3. The van der Waals surface area contributed by atoms with Crippen LogP contribution in [0.4, 0.5) is 16.2 Å². The van der Waals surface area contributed by atoms with Crippen molar-refractivity contribution in [3.05, 3.63) is 48.0 Å². The van der Waals surface area contributed by atoms with Crippen LogP contribution in [0.2, 0.25) is 0 Å². The maximum absolute atomic E-state index is 12.8. The SMILES string of the molecule is CNc1nnc2c(NCCc3ccc(F)cc3)nccn12. The van der Waals surface area contributed by atoms with Crippen LogP contribution in [0.25, 0.3) is 5.65 Å². The quantitative estimate of drug-likeness (QED) is 0.750. The van der Waals surface area contributed by atoms with Crippen LogP contribution in [0, 0.1) is 5.82 Å². The predicted molar refractivity (Wildman–Crippen MR) is 78.9 cm³/mol. The summed E-state index contributed by atoms with van der Waals surface area (Å²) < 4.78 is 14.7. The maximum Gasteiger partial charge on any atom is 0.228 e. The Morgan fingerprint density at radius 3 is 2.76 bits per heavy atom. The predicted octanol–water partition coefficient (Wildman–Crippen LogP) is 1.96. The van der Waals surface area contributed by atoms with Gasteiger partial charge in [-0.05, 0) is 24.1 Å². The molecule has 0 saturated heterocycles. The highest BCUT2D eigenvalue weighted by Crippen LogP contribution is 2.14. The van der Waals surface area contributed by atoms with Gasteiger partial charge in [0.15, 0.2) is 5.82 Å². The summed E-state index contributed by atoms with van der Waals surface area (Å²) in [7, 11) is 1.79. The van der Waals surface area contributed by atoms with E-state index >= 15 is 0 Å². The summed E-state index contributed by atoms with van der Waals surface area (Å²) in [5.74, 6) is 1.11. The third kappa shape index (κ3) is 2.76. The molecule has 6 nitrogen and oxygen atoms in total. The minimum absolute atomic E-state index is 0.221. The molecule has 2 aromatic heterocycles. The molecule has 108 valence electrons. The van der Waals surface area contributed by atoms with Gasteiger partial charge in [-0.1, -0.05) is 12.1 Å². The largest absolute Gasteiger partial charge is 0.367 e. The van der Waals surface area contributed by atoms with Gasteiger partial charge in [0.25, 0.3) is 0 Å². The minimum atomic E-state index is -0.221. The number of halogens is 1. The van der Waals surface area contributed by atoms with Crippen molar-refractivity contribution in [2.45, 2.75) is 6.42 Å². The third-order valence-electron chi connectivity index (χ3n) is 3.17. The molecule has 0 unspecified atom stereocenters. The maximum atomic E-state index is 12.8. The monoisotopic (exact) mass is 286 g/mol. The molecule has 2 heterocycles. The first-order valence-corrected chi connectivity index (χ1v) is 6.64. The molecule has 0 atom stereocenters. The lowest BCUT2D eigenvalue weighted by Crippen LogP contribution is -2.08. The van der Waals surface area contributed by atoms with Crippen LogP contribution in [0.15, 0.2) is 36.7 Å². The molecule has 0 fully saturated rings. The van der Waals surface area contributed by atoms with E-state index in [1.54, 1.807) is 31.6 Å². The lowest BCUT2D eigenvalue weighted by molar-refractivity contribution is 0.627. The first kappa shape index (κ1) is 13.3. The van der Waals surface area contributed by atoms with Gasteiger partial charge in [-0.2, -0.15) is 0 Å². The number of hydrogen-bond donors (Lipinski definition) is 2. The highest BCUT2D eigenvalue weighted by Gasteiger charge is 2.08. The van der Waals surface area contributed by atoms with Gasteiger partial charge in [0.2, 0.25) is 11.6 Å². The molecule has 0 bridgehead atoms. The van der Waals surface area contributed by atoms with Gasteiger partial charge >= 0.3 is 0 Å². The molecule has 0 aliphatic heterocycles. The molecule has 3 rings (SSSR count). The van der Waals surface area contributed by atoms with Crippen molar-refractivity contribution >= 4 is 17.4 Å². The molecular weight excluding hydrogens is 271 g/mol. The summed E-state index contributed by atoms with van der Waals surface area (Å²) >= 11 is 0. The molecule has 0 aliphatic carbocycles. The molecule has 0 radical (unpaired) electrons. The molecule has 0 spiro atoms. The van der Waals surface area contributed by atoms with Gasteiger partial charge < -0.3 is 10.6 Å². The van der Waals surface area contributed by atoms with Gasteiger partial charge in [-0.15, -0.1) is 10.2 Å². The van der Waals surface area contributed by atoms with Crippen molar-refractivity contribution in [2.75, 3.05) is 24.2 Å². The Kier molecular flexibility index (Phi) is 3.63. The Bertz CT molecular complexity index is 737. The molecule has 0 saturated carbocycles. The number of hydrogen-bond acceptors (Lipinski definition) is 5. The molecule has 0 amide bonds. The van der Waals surface area contributed by atoms with Crippen molar-refractivity contribution in [3.8, 4) is 0 Å². The Hall–Kier alpha value is -2.70.